The lowest BCUT2D eigenvalue weighted by Gasteiger charge is -2.33. The molecule has 0 fully saturated rings. The minimum absolute atomic E-state index is 0.164. The maximum atomic E-state index is 13.5. The first-order valence-corrected chi connectivity index (χ1v) is 12.6. The predicted molar refractivity (Wildman–Crippen MR) is 142 cm³/mol. The molecule has 0 aliphatic heterocycles. The van der Waals surface area contributed by atoms with E-state index in [0.29, 0.717) is 6.42 Å². The highest BCUT2D eigenvalue weighted by Crippen LogP contribution is 2.13. The zero-order valence-electron chi connectivity index (χ0n) is 23.6. The van der Waals surface area contributed by atoms with E-state index in [-0.39, 0.29) is 12.3 Å². The molecule has 0 saturated heterocycles. The highest BCUT2D eigenvalue weighted by Gasteiger charge is 2.34. The van der Waals surface area contributed by atoms with Gasteiger partial charge in [0.2, 0.25) is 17.7 Å². The van der Waals surface area contributed by atoms with Gasteiger partial charge in [0.25, 0.3) is 0 Å². The van der Waals surface area contributed by atoms with Gasteiger partial charge in [-0.2, -0.15) is 0 Å². The number of carboxylic acid groups (broad SMARTS) is 1. The quantitative estimate of drug-likeness (QED) is 0.372. The topological polar surface area (TPSA) is 145 Å². The molecule has 3 N–H and O–H groups in total. The molecule has 0 aromatic heterocycles. The Morgan fingerprint density at radius 2 is 1.55 bits per heavy atom. The lowest BCUT2D eigenvalue weighted by Crippen LogP contribution is -2.56. The van der Waals surface area contributed by atoms with E-state index in [1.807, 2.05) is 37.3 Å². The van der Waals surface area contributed by atoms with Crippen LogP contribution in [0.15, 0.2) is 30.3 Å². The van der Waals surface area contributed by atoms with E-state index >= 15 is 0 Å². The SMILES string of the molecule is CC[C@H](C)[C@H](NC(=O)CN(C)C(=O)[C@@H](Cc1ccccc1)N(C)C(=O)[C@H](C)NC(=O)OC(C)(C)C)C(=O)O. The third-order valence-corrected chi connectivity index (χ3v) is 6.03. The van der Waals surface area contributed by atoms with Crippen molar-refractivity contribution in [3.8, 4) is 0 Å². The number of likely N-dealkylation sites (N-methyl/N-ethyl adjacent to an activating group) is 2. The molecule has 0 aliphatic rings. The number of alkyl carbamates (subject to hydrolysis) is 1. The van der Waals surface area contributed by atoms with E-state index in [0.717, 1.165) is 10.5 Å². The van der Waals surface area contributed by atoms with Crippen molar-refractivity contribution in [3.63, 3.8) is 0 Å². The van der Waals surface area contributed by atoms with Gasteiger partial charge in [0.1, 0.15) is 23.7 Å². The molecular formula is C27H42N4O7. The van der Waals surface area contributed by atoms with Gasteiger partial charge in [-0.1, -0.05) is 50.6 Å². The number of aliphatic carboxylic acids is 1. The van der Waals surface area contributed by atoms with Crippen LogP contribution >= 0.6 is 0 Å². The molecule has 0 heterocycles. The van der Waals surface area contributed by atoms with E-state index < -0.39 is 60.1 Å². The fraction of sp³-hybridized carbons (Fsp3) is 0.593. The average molecular weight is 535 g/mol. The highest BCUT2D eigenvalue weighted by atomic mass is 16.6. The summed E-state index contributed by atoms with van der Waals surface area (Å²) in [6.45, 7) is 9.75. The van der Waals surface area contributed by atoms with Crippen LogP contribution in [0.5, 0.6) is 0 Å². The first-order chi connectivity index (χ1) is 17.6. The number of hydrogen-bond donors (Lipinski definition) is 3. The van der Waals surface area contributed by atoms with Crippen molar-refractivity contribution in [1.82, 2.24) is 20.4 Å². The average Bonchev–Trinajstić information content (AvgIpc) is 2.83. The summed E-state index contributed by atoms with van der Waals surface area (Å²) in [5.41, 5.74) is 0.0430. The zero-order valence-corrected chi connectivity index (χ0v) is 23.6. The summed E-state index contributed by atoms with van der Waals surface area (Å²) in [6, 6.07) is 6.02. The first-order valence-electron chi connectivity index (χ1n) is 12.6. The third kappa shape index (κ3) is 10.4. The molecule has 0 saturated carbocycles. The van der Waals surface area contributed by atoms with Gasteiger partial charge in [-0.25, -0.2) is 9.59 Å². The molecule has 1 aromatic rings. The number of benzene rings is 1. The van der Waals surface area contributed by atoms with Crippen LogP contribution in [0.25, 0.3) is 0 Å². The zero-order chi connectivity index (χ0) is 29.2. The summed E-state index contributed by atoms with van der Waals surface area (Å²) in [7, 11) is 2.87. The molecule has 4 atom stereocenters. The summed E-state index contributed by atoms with van der Waals surface area (Å²) in [4.78, 5) is 65.4. The summed E-state index contributed by atoms with van der Waals surface area (Å²) in [5.74, 6) is -3.11. The van der Waals surface area contributed by atoms with Gasteiger partial charge < -0.3 is 30.3 Å². The standard InChI is InChI=1S/C27H42N4O7/c1-9-17(2)22(25(35)36)29-21(32)16-30(7)24(34)20(15-19-13-11-10-12-14-19)31(8)23(33)18(3)28-26(37)38-27(4,5)6/h10-14,17-18,20,22H,9,15-16H2,1-8H3,(H,28,37)(H,29,32)(H,35,36)/t17-,18-,20+,22-/m0/s1. The lowest BCUT2D eigenvalue weighted by atomic mass is 9.99. The fourth-order valence-electron chi connectivity index (χ4n) is 3.68. The molecule has 0 spiro atoms. The van der Waals surface area contributed by atoms with Crippen LogP contribution in [0, 0.1) is 5.92 Å². The van der Waals surface area contributed by atoms with Crippen molar-refractivity contribution in [2.45, 2.75) is 78.1 Å². The highest BCUT2D eigenvalue weighted by molar-refractivity contribution is 5.93. The second kappa shape index (κ2) is 14.3. The van der Waals surface area contributed by atoms with Crippen molar-refractivity contribution in [2.75, 3.05) is 20.6 Å². The maximum Gasteiger partial charge on any atom is 0.408 e. The molecule has 0 bridgehead atoms. The smallest absolute Gasteiger partial charge is 0.408 e. The van der Waals surface area contributed by atoms with E-state index in [1.165, 1.54) is 25.9 Å². The van der Waals surface area contributed by atoms with Crippen LogP contribution < -0.4 is 10.6 Å². The van der Waals surface area contributed by atoms with Crippen molar-refractivity contribution in [1.29, 1.82) is 0 Å². The molecule has 1 aromatic carbocycles. The van der Waals surface area contributed by atoms with Crippen molar-refractivity contribution in [2.24, 2.45) is 5.92 Å². The normalized spacial score (nSPS) is 14.3. The van der Waals surface area contributed by atoms with Crippen molar-refractivity contribution >= 4 is 29.8 Å². The van der Waals surface area contributed by atoms with Crippen LogP contribution in [-0.2, 0) is 30.3 Å². The second-order valence-corrected chi connectivity index (χ2v) is 10.5. The second-order valence-electron chi connectivity index (χ2n) is 10.5. The molecule has 212 valence electrons. The molecule has 0 unspecified atom stereocenters. The number of carbonyl (C=O) groups excluding carboxylic acids is 4. The van der Waals surface area contributed by atoms with Crippen LogP contribution in [0.2, 0.25) is 0 Å². The van der Waals surface area contributed by atoms with Crippen LogP contribution in [-0.4, -0.2) is 89.1 Å². The van der Waals surface area contributed by atoms with Gasteiger partial charge in [-0.3, -0.25) is 14.4 Å². The van der Waals surface area contributed by atoms with E-state index in [1.54, 1.807) is 27.7 Å². The maximum absolute atomic E-state index is 13.5. The molecule has 1 rings (SSSR count). The van der Waals surface area contributed by atoms with E-state index in [4.69, 9.17) is 4.74 Å². The van der Waals surface area contributed by atoms with Crippen LogP contribution in [0.4, 0.5) is 4.79 Å². The van der Waals surface area contributed by atoms with E-state index in [2.05, 4.69) is 10.6 Å². The number of rotatable bonds is 12. The number of ether oxygens (including phenoxy) is 1. The van der Waals surface area contributed by atoms with Crippen LogP contribution in [0.1, 0.15) is 53.5 Å². The number of amides is 4. The minimum Gasteiger partial charge on any atom is -0.480 e. The first kappa shape index (κ1) is 32.4. The Labute approximate surface area is 224 Å². The number of carboxylic acids is 1. The Morgan fingerprint density at radius 3 is 2.05 bits per heavy atom. The van der Waals surface area contributed by atoms with Gasteiger partial charge in [0.15, 0.2) is 0 Å². The number of carbonyl (C=O) groups is 5. The monoisotopic (exact) mass is 534 g/mol. The Balaban J connectivity index is 3.06. The summed E-state index contributed by atoms with van der Waals surface area (Å²) >= 11 is 0. The largest absolute Gasteiger partial charge is 0.480 e. The molecule has 0 radical (unpaired) electrons. The van der Waals surface area contributed by atoms with Gasteiger partial charge in [0, 0.05) is 20.5 Å². The molecule has 38 heavy (non-hydrogen) atoms. The summed E-state index contributed by atoms with van der Waals surface area (Å²) in [6.07, 6.45) is -0.0496. The van der Waals surface area contributed by atoms with Gasteiger partial charge >= 0.3 is 12.1 Å². The molecular weight excluding hydrogens is 492 g/mol. The summed E-state index contributed by atoms with van der Waals surface area (Å²) in [5, 5.41) is 14.4. The fourth-order valence-corrected chi connectivity index (χ4v) is 3.68. The Hall–Kier alpha value is -3.63. The van der Waals surface area contributed by atoms with Crippen LogP contribution in [0.3, 0.4) is 0 Å². The lowest BCUT2D eigenvalue weighted by molar-refractivity contribution is -0.147. The Bertz CT molecular complexity index is 977. The van der Waals surface area contributed by atoms with Gasteiger partial charge in [-0.05, 0) is 39.2 Å². The molecule has 11 heteroatoms. The molecule has 4 amide bonds. The van der Waals surface area contributed by atoms with Crippen molar-refractivity contribution < 1.29 is 33.8 Å². The predicted octanol–water partition coefficient (Wildman–Crippen LogP) is 2.04. The number of nitrogens with one attached hydrogen (secondary N) is 2. The molecule has 11 nitrogen and oxygen atoms in total. The minimum atomic E-state index is -1.15. The third-order valence-electron chi connectivity index (χ3n) is 6.03. The molecule has 0 aliphatic carbocycles. The Kier molecular flexibility index (Phi) is 12.2. The Morgan fingerprint density at radius 1 is 0.974 bits per heavy atom. The van der Waals surface area contributed by atoms with Gasteiger partial charge in [0.05, 0.1) is 6.54 Å². The number of nitrogens with zero attached hydrogens (tertiary/aromatic N) is 2. The summed E-state index contributed by atoms with van der Waals surface area (Å²) < 4.78 is 5.21. The van der Waals surface area contributed by atoms with Gasteiger partial charge in [-0.15, -0.1) is 0 Å². The van der Waals surface area contributed by atoms with E-state index in [9.17, 15) is 29.1 Å². The number of hydrogen-bond acceptors (Lipinski definition) is 6. The van der Waals surface area contributed by atoms with Crippen molar-refractivity contribution in [3.05, 3.63) is 35.9 Å².